The molecule has 13 heteroatoms. The molecule has 1 heterocycles. The summed E-state index contributed by atoms with van der Waals surface area (Å²) in [5, 5.41) is 27.7. The van der Waals surface area contributed by atoms with Crippen molar-refractivity contribution in [1.82, 2.24) is 9.66 Å². The molecule has 1 aliphatic carbocycles. The van der Waals surface area contributed by atoms with Crippen LogP contribution in [0.4, 0.5) is 11.4 Å². The van der Waals surface area contributed by atoms with Crippen molar-refractivity contribution < 1.29 is 14.6 Å². The quantitative estimate of drug-likeness (QED) is 0.108. The van der Waals surface area contributed by atoms with Gasteiger partial charge in [-0.1, -0.05) is 35.2 Å². The summed E-state index contributed by atoms with van der Waals surface area (Å²) in [6.07, 6.45) is 6.44. The molecule has 11 nitrogen and oxygen atoms in total. The predicted octanol–water partition coefficient (Wildman–Crippen LogP) is 7.25. The predicted molar refractivity (Wildman–Crippen MR) is 161 cm³/mol. The molecular formula is C28H23Br2N5O6. The van der Waals surface area contributed by atoms with Gasteiger partial charge in [-0.3, -0.25) is 25.0 Å². The molecular weight excluding hydrogens is 662 g/mol. The van der Waals surface area contributed by atoms with Crippen LogP contribution in [0.15, 0.2) is 73.4 Å². The van der Waals surface area contributed by atoms with E-state index in [4.69, 9.17) is 9.72 Å². The van der Waals surface area contributed by atoms with Gasteiger partial charge in [-0.25, -0.2) is 4.98 Å². The summed E-state index contributed by atoms with van der Waals surface area (Å²) < 4.78 is 8.11. The Bertz CT molecular complexity index is 1730. The van der Waals surface area contributed by atoms with Crippen LogP contribution in [-0.2, 0) is 6.61 Å². The summed E-state index contributed by atoms with van der Waals surface area (Å²) in [6, 6.07) is 14.0. The third-order valence-electron chi connectivity index (χ3n) is 6.90. The van der Waals surface area contributed by atoms with Crippen molar-refractivity contribution in [3.8, 4) is 5.75 Å². The Morgan fingerprint density at radius 1 is 1.00 bits per heavy atom. The van der Waals surface area contributed by atoms with Crippen molar-refractivity contribution in [1.29, 1.82) is 0 Å². The van der Waals surface area contributed by atoms with Crippen molar-refractivity contribution in [3.05, 3.63) is 111 Å². The summed E-state index contributed by atoms with van der Waals surface area (Å²) in [5.41, 5.74) is 0.894. The fourth-order valence-corrected chi connectivity index (χ4v) is 5.79. The van der Waals surface area contributed by atoms with E-state index in [1.165, 1.54) is 41.2 Å². The van der Waals surface area contributed by atoms with Gasteiger partial charge in [0.1, 0.15) is 12.4 Å². The summed E-state index contributed by atoms with van der Waals surface area (Å²) >= 11 is 6.77. The van der Waals surface area contributed by atoms with Gasteiger partial charge in [-0.2, -0.15) is 9.78 Å². The molecule has 0 spiro atoms. The monoisotopic (exact) mass is 683 g/mol. The normalized spacial score (nSPS) is 14.0. The van der Waals surface area contributed by atoms with E-state index in [1.807, 2.05) is 6.07 Å². The molecule has 0 radical (unpaired) electrons. The number of fused-ring (bicyclic) bond motifs is 1. The van der Waals surface area contributed by atoms with E-state index in [-0.39, 0.29) is 35.2 Å². The van der Waals surface area contributed by atoms with Gasteiger partial charge in [0, 0.05) is 34.2 Å². The molecule has 1 saturated carbocycles. The van der Waals surface area contributed by atoms with E-state index in [0.717, 1.165) is 36.6 Å². The van der Waals surface area contributed by atoms with E-state index in [9.17, 15) is 25.0 Å². The summed E-state index contributed by atoms with van der Waals surface area (Å²) in [7, 11) is 0. The smallest absolute Gasteiger partial charge is 0.312 e. The van der Waals surface area contributed by atoms with E-state index in [1.54, 1.807) is 18.2 Å². The first-order valence-electron chi connectivity index (χ1n) is 12.8. The molecule has 0 bridgehead atoms. The lowest BCUT2D eigenvalue weighted by atomic mass is 9.88. The molecule has 4 aromatic rings. The second-order valence-electron chi connectivity index (χ2n) is 9.65. The van der Waals surface area contributed by atoms with Crippen LogP contribution in [0.3, 0.4) is 0 Å². The van der Waals surface area contributed by atoms with Gasteiger partial charge in [0.15, 0.2) is 0 Å². The minimum absolute atomic E-state index is 0.00258. The van der Waals surface area contributed by atoms with Gasteiger partial charge < -0.3 is 4.74 Å². The maximum Gasteiger partial charge on any atom is 0.312 e. The average Bonchev–Trinajstić information content (AvgIpc) is 2.96. The van der Waals surface area contributed by atoms with Gasteiger partial charge in [0.25, 0.3) is 11.2 Å². The molecule has 5 rings (SSSR count). The van der Waals surface area contributed by atoms with Crippen molar-refractivity contribution in [3.63, 3.8) is 0 Å². The van der Waals surface area contributed by atoms with Gasteiger partial charge in [-0.15, -0.1) is 0 Å². The standard InChI is InChI=1S/C28H23Br2N5O6/c29-20-8-11-24-22(14-20)28(36)33(27(32-24)19-4-2-1-3-5-19)31-15-18-12-23(30)26(25(13-18)35(39)40)41-16-17-6-9-21(10-7-17)34(37)38/h6-15,19H,1-5,16H2. The molecule has 1 fully saturated rings. The van der Waals surface area contributed by atoms with E-state index >= 15 is 0 Å². The van der Waals surface area contributed by atoms with Crippen LogP contribution in [0, 0.1) is 20.2 Å². The Labute approximate surface area is 250 Å². The molecule has 41 heavy (non-hydrogen) atoms. The third kappa shape index (κ3) is 6.35. The Morgan fingerprint density at radius 2 is 1.73 bits per heavy atom. The number of hydrogen-bond donors (Lipinski definition) is 0. The van der Waals surface area contributed by atoms with Gasteiger partial charge in [0.2, 0.25) is 5.75 Å². The number of aromatic nitrogens is 2. The van der Waals surface area contributed by atoms with Crippen molar-refractivity contribution in [2.24, 2.45) is 5.10 Å². The maximum atomic E-state index is 13.6. The Balaban J connectivity index is 1.49. The van der Waals surface area contributed by atoms with Crippen LogP contribution in [0.1, 0.15) is 55.0 Å². The van der Waals surface area contributed by atoms with Crippen molar-refractivity contribution in [2.45, 2.75) is 44.6 Å². The first-order chi connectivity index (χ1) is 19.7. The van der Waals surface area contributed by atoms with Crippen molar-refractivity contribution >= 4 is 60.4 Å². The van der Waals surface area contributed by atoms with E-state index in [2.05, 4.69) is 37.0 Å². The van der Waals surface area contributed by atoms with Gasteiger partial charge in [-0.05, 0) is 70.7 Å². The summed E-state index contributed by atoms with van der Waals surface area (Å²) in [4.78, 5) is 40.1. The minimum atomic E-state index is -0.567. The highest BCUT2D eigenvalue weighted by Crippen LogP contribution is 2.37. The zero-order chi connectivity index (χ0) is 29.1. The number of benzene rings is 3. The van der Waals surface area contributed by atoms with E-state index < -0.39 is 9.85 Å². The number of nitro groups is 2. The number of rotatable bonds is 8. The number of halogens is 2. The largest absolute Gasteiger partial charge is 0.481 e. The maximum absolute atomic E-state index is 13.6. The molecule has 0 atom stereocenters. The minimum Gasteiger partial charge on any atom is -0.481 e. The molecule has 0 unspecified atom stereocenters. The molecule has 1 aliphatic rings. The van der Waals surface area contributed by atoms with Crippen LogP contribution >= 0.6 is 31.9 Å². The number of hydrogen-bond acceptors (Lipinski definition) is 8. The van der Waals surface area contributed by atoms with Crippen LogP contribution in [0.2, 0.25) is 0 Å². The highest BCUT2D eigenvalue weighted by Gasteiger charge is 2.23. The van der Waals surface area contributed by atoms with Crippen molar-refractivity contribution in [2.75, 3.05) is 0 Å². The summed E-state index contributed by atoms with van der Waals surface area (Å²) in [6.45, 7) is -0.0384. The van der Waals surface area contributed by atoms with Crippen LogP contribution < -0.4 is 10.3 Å². The highest BCUT2D eigenvalue weighted by atomic mass is 79.9. The van der Waals surface area contributed by atoms with Crippen LogP contribution in [0.5, 0.6) is 5.75 Å². The lowest BCUT2D eigenvalue weighted by Gasteiger charge is -2.22. The van der Waals surface area contributed by atoms with Crippen LogP contribution in [-0.4, -0.2) is 25.7 Å². The number of ether oxygens (including phenoxy) is 1. The molecule has 1 aromatic heterocycles. The Hall–Kier alpha value is -3.97. The molecule has 0 saturated heterocycles. The number of nitro benzene ring substituents is 2. The fraction of sp³-hybridized carbons (Fsp3) is 0.250. The second-order valence-corrected chi connectivity index (χ2v) is 11.4. The molecule has 0 aliphatic heterocycles. The third-order valence-corrected chi connectivity index (χ3v) is 7.98. The van der Waals surface area contributed by atoms with Crippen LogP contribution in [0.25, 0.3) is 10.9 Å². The molecule has 0 N–H and O–H groups in total. The fourth-order valence-electron chi connectivity index (χ4n) is 4.85. The van der Waals surface area contributed by atoms with E-state index in [0.29, 0.717) is 32.3 Å². The average molecular weight is 685 g/mol. The lowest BCUT2D eigenvalue weighted by Crippen LogP contribution is -2.25. The Kier molecular flexibility index (Phi) is 8.54. The zero-order valence-corrected chi connectivity index (χ0v) is 24.7. The second kappa shape index (κ2) is 12.3. The Morgan fingerprint density at radius 3 is 2.41 bits per heavy atom. The molecule has 0 amide bonds. The number of non-ortho nitro benzene ring substituents is 1. The summed E-state index contributed by atoms with van der Waals surface area (Å²) in [5.74, 6) is 0.665. The first-order valence-corrected chi connectivity index (χ1v) is 14.4. The lowest BCUT2D eigenvalue weighted by molar-refractivity contribution is -0.386. The zero-order valence-electron chi connectivity index (χ0n) is 21.5. The number of nitrogens with zero attached hydrogens (tertiary/aromatic N) is 5. The molecule has 210 valence electrons. The van der Waals surface area contributed by atoms with Gasteiger partial charge in [0.05, 0.1) is 31.4 Å². The SMILES string of the molecule is O=c1c2cc(Br)ccc2nc(C2CCCCC2)n1N=Cc1cc(Br)c(OCc2ccc([N+](=O)[O-])cc2)c([N+](=O)[O-])c1. The highest BCUT2D eigenvalue weighted by molar-refractivity contribution is 9.10. The van der Waals surface area contributed by atoms with Gasteiger partial charge >= 0.3 is 5.69 Å². The topological polar surface area (TPSA) is 143 Å². The first kappa shape index (κ1) is 28.6. The molecule has 3 aromatic carbocycles.